The van der Waals surface area contributed by atoms with Crippen LogP contribution in [0.5, 0.6) is 0 Å². The SMILES string of the molecule is CC(C)(C)OC(=O)N1CCSCC1c1ncc(-c2ccc(Br)cc2)[nH]1. The summed E-state index contributed by atoms with van der Waals surface area (Å²) in [5, 5.41) is 0. The first-order chi connectivity index (χ1) is 11.8. The summed E-state index contributed by atoms with van der Waals surface area (Å²) in [7, 11) is 0. The molecule has 25 heavy (non-hydrogen) atoms. The molecule has 1 amide bonds. The Kier molecular flexibility index (Phi) is 5.43. The molecule has 1 unspecified atom stereocenters. The van der Waals surface area contributed by atoms with Crippen LogP contribution < -0.4 is 0 Å². The van der Waals surface area contributed by atoms with Gasteiger partial charge in [-0.2, -0.15) is 11.8 Å². The number of carbonyl (C=O) groups excluding carboxylic acids is 1. The number of benzene rings is 1. The van der Waals surface area contributed by atoms with Crippen molar-refractivity contribution < 1.29 is 9.53 Å². The van der Waals surface area contributed by atoms with Crippen molar-refractivity contribution in [2.75, 3.05) is 18.1 Å². The Morgan fingerprint density at radius 3 is 2.76 bits per heavy atom. The van der Waals surface area contributed by atoms with E-state index in [1.165, 1.54) is 0 Å². The van der Waals surface area contributed by atoms with E-state index in [4.69, 9.17) is 4.74 Å². The van der Waals surface area contributed by atoms with Crippen LogP contribution >= 0.6 is 27.7 Å². The van der Waals surface area contributed by atoms with Gasteiger partial charge in [-0.1, -0.05) is 28.1 Å². The molecule has 1 aliphatic heterocycles. The minimum Gasteiger partial charge on any atom is -0.444 e. The van der Waals surface area contributed by atoms with Gasteiger partial charge in [-0.25, -0.2) is 9.78 Å². The second kappa shape index (κ2) is 7.41. The highest BCUT2D eigenvalue weighted by atomic mass is 79.9. The first kappa shape index (κ1) is 18.3. The lowest BCUT2D eigenvalue weighted by Gasteiger charge is -2.35. The van der Waals surface area contributed by atoms with Crippen LogP contribution in [0.3, 0.4) is 0 Å². The number of aromatic amines is 1. The molecule has 1 aromatic carbocycles. The molecular formula is C18H22BrN3O2S. The summed E-state index contributed by atoms with van der Waals surface area (Å²) < 4.78 is 6.60. The molecular weight excluding hydrogens is 402 g/mol. The van der Waals surface area contributed by atoms with Gasteiger partial charge in [0.1, 0.15) is 17.5 Å². The van der Waals surface area contributed by atoms with Crippen LogP contribution in [-0.2, 0) is 4.74 Å². The predicted molar refractivity (Wildman–Crippen MR) is 105 cm³/mol. The molecule has 0 saturated carbocycles. The molecule has 0 radical (unpaired) electrons. The molecule has 2 aromatic rings. The van der Waals surface area contributed by atoms with Gasteiger partial charge < -0.3 is 9.72 Å². The number of imidazole rings is 1. The largest absolute Gasteiger partial charge is 0.444 e. The van der Waals surface area contributed by atoms with Crippen molar-refractivity contribution in [2.24, 2.45) is 0 Å². The van der Waals surface area contributed by atoms with E-state index in [9.17, 15) is 4.79 Å². The molecule has 1 aliphatic rings. The lowest BCUT2D eigenvalue weighted by atomic mass is 10.2. The van der Waals surface area contributed by atoms with Gasteiger partial charge in [0.05, 0.1) is 11.9 Å². The number of hydrogen-bond acceptors (Lipinski definition) is 4. The zero-order valence-corrected chi connectivity index (χ0v) is 17.0. The summed E-state index contributed by atoms with van der Waals surface area (Å²) >= 11 is 5.28. The van der Waals surface area contributed by atoms with Crippen LogP contribution in [0.25, 0.3) is 11.3 Å². The third-order valence-electron chi connectivity index (χ3n) is 3.82. The topological polar surface area (TPSA) is 58.2 Å². The van der Waals surface area contributed by atoms with Gasteiger partial charge in [0.15, 0.2) is 0 Å². The molecule has 0 aliphatic carbocycles. The van der Waals surface area contributed by atoms with Gasteiger partial charge in [0.25, 0.3) is 0 Å². The average molecular weight is 424 g/mol. The van der Waals surface area contributed by atoms with Crippen LogP contribution in [0, 0.1) is 0 Å². The molecule has 7 heteroatoms. The van der Waals surface area contributed by atoms with E-state index in [0.29, 0.717) is 6.54 Å². The minimum absolute atomic E-state index is 0.0993. The Bertz CT molecular complexity index is 740. The maximum absolute atomic E-state index is 12.6. The molecule has 0 spiro atoms. The predicted octanol–water partition coefficient (Wildman–Crippen LogP) is 4.86. The summed E-state index contributed by atoms with van der Waals surface area (Å²) in [6.07, 6.45) is 1.55. The van der Waals surface area contributed by atoms with E-state index in [2.05, 4.69) is 25.9 Å². The summed E-state index contributed by atoms with van der Waals surface area (Å²) in [6.45, 7) is 6.32. The Balaban J connectivity index is 1.81. The molecule has 3 rings (SSSR count). The average Bonchev–Trinajstić information content (AvgIpc) is 3.04. The van der Waals surface area contributed by atoms with Crippen molar-refractivity contribution in [1.82, 2.24) is 14.9 Å². The number of thioether (sulfide) groups is 1. The normalized spacial score (nSPS) is 18.2. The van der Waals surface area contributed by atoms with Gasteiger partial charge >= 0.3 is 6.09 Å². The fourth-order valence-electron chi connectivity index (χ4n) is 2.65. The number of halogens is 1. The third-order valence-corrected chi connectivity index (χ3v) is 5.37. The zero-order chi connectivity index (χ0) is 18.0. The van der Waals surface area contributed by atoms with Crippen molar-refractivity contribution in [3.8, 4) is 11.3 Å². The standard InChI is InChI=1S/C18H22BrN3O2S/c1-18(2,3)24-17(23)22-8-9-25-11-15(22)16-20-10-14(21-16)12-4-6-13(19)7-5-12/h4-7,10,15H,8-9,11H2,1-3H3,(H,20,21). The number of H-pyrrole nitrogens is 1. The quantitative estimate of drug-likeness (QED) is 0.748. The Labute approximate surface area is 160 Å². The second-order valence-corrected chi connectivity index (χ2v) is 9.02. The molecule has 0 bridgehead atoms. The highest BCUT2D eigenvalue weighted by molar-refractivity contribution is 9.10. The highest BCUT2D eigenvalue weighted by Crippen LogP contribution is 2.31. The molecule has 1 atom stereocenters. The Morgan fingerprint density at radius 1 is 1.36 bits per heavy atom. The first-order valence-corrected chi connectivity index (χ1v) is 10.2. The van der Waals surface area contributed by atoms with Crippen molar-refractivity contribution in [1.29, 1.82) is 0 Å². The summed E-state index contributed by atoms with van der Waals surface area (Å²) in [4.78, 5) is 22.3. The summed E-state index contributed by atoms with van der Waals surface area (Å²) in [6, 6.07) is 7.96. The van der Waals surface area contributed by atoms with Crippen molar-refractivity contribution in [3.05, 3.63) is 40.8 Å². The summed E-state index contributed by atoms with van der Waals surface area (Å²) in [5.41, 5.74) is 1.51. The van der Waals surface area contributed by atoms with Crippen LogP contribution in [-0.4, -0.2) is 44.6 Å². The maximum atomic E-state index is 12.6. The van der Waals surface area contributed by atoms with E-state index in [1.807, 2.05) is 63.0 Å². The van der Waals surface area contributed by atoms with E-state index >= 15 is 0 Å². The van der Waals surface area contributed by atoms with Crippen LogP contribution in [0.2, 0.25) is 0 Å². The van der Waals surface area contributed by atoms with Crippen molar-refractivity contribution >= 4 is 33.8 Å². The number of nitrogens with zero attached hydrogens (tertiary/aromatic N) is 2. The van der Waals surface area contributed by atoms with Gasteiger partial charge in [-0.05, 0) is 38.5 Å². The molecule has 2 heterocycles. The minimum atomic E-state index is -0.502. The lowest BCUT2D eigenvalue weighted by Crippen LogP contribution is -2.44. The number of aromatic nitrogens is 2. The number of rotatable bonds is 2. The number of ether oxygens (including phenoxy) is 1. The van der Waals surface area contributed by atoms with E-state index < -0.39 is 5.60 Å². The molecule has 1 fully saturated rings. The lowest BCUT2D eigenvalue weighted by molar-refractivity contribution is 0.0178. The van der Waals surface area contributed by atoms with Crippen molar-refractivity contribution in [2.45, 2.75) is 32.4 Å². The van der Waals surface area contributed by atoms with Crippen LogP contribution in [0.15, 0.2) is 34.9 Å². The monoisotopic (exact) mass is 423 g/mol. The smallest absolute Gasteiger partial charge is 0.410 e. The van der Waals surface area contributed by atoms with E-state index in [0.717, 1.165) is 33.1 Å². The molecule has 5 nitrogen and oxygen atoms in total. The Hall–Kier alpha value is -1.47. The molecule has 134 valence electrons. The first-order valence-electron chi connectivity index (χ1n) is 8.22. The van der Waals surface area contributed by atoms with E-state index in [1.54, 1.807) is 4.90 Å². The number of amides is 1. The molecule has 1 aromatic heterocycles. The number of nitrogens with one attached hydrogen (secondary N) is 1. The van der Waals surface area contributed by atoms with Crippen LogP contribution in [0.1, 0.15) is 32.6 Å². The van der Waals surface area contributed by atoms with Gasteiger partial charge in [0.2, 0.25) is 0 Å². The highest BCUT2D eigenvalue weighted by Gasteiger charge is 2.33. The van der Waals surface area contributed by atoms with Gasteiger partial charge in [-0.15, -0.1) is 0 Å². The fraction of sp³-hybridized carbons (Fsp3) is 0.444. The Morgan fingerprint density at radius 2 is 2.08 bits per heavy atom. The molecule has 1 saturated heterocycles. The fourth-order valence-corrected chi connectivity index (χ4v) is 3.97. The summed E-state index contributed by atoms with van der Waals surface area (Å²) in [5.74, 6) is 2.53. The third kappa shape index (κ3) is 4.58. The number of hydrogen-bond donors (Lipinski definition) is 1. The van der Waals surface area contributed by atoms with Crippen LogP contribution in [0.4, 0.5) is 4.79 Å². The maximum Gasteiger partial charge on any atom is 0.410 e. The number of carbonyl (C=O) groups is 1. The van der Waals surface area contributed by atoms with Gasteiger partial charge in [-0.3, -0.25) is 4.90 Å². The zero-order valence-electron chi connectivity index (χ0n) is 14.6. The molecule has 1 N–H and O–H groups in total. The second-order valence-electron chi connectivity index (χ2n) is 6.95. The van der Waals surface area contributed by atoms with E-state index in [-0.39, 0.29) is 12.1 Å². The van der Waals surface area contributed by atoms with Crippen molar-refractivity contribution in [3.63, 3.8) is 0 Å². The van der Waals surface area contributed by atoms with Gasteiger partial charge in [0, 0.05) is 22.5 Å².